The van der Waals surface area contributed by atoms with E-state index in [9.17, 15) is 0 Å². The van der Waals surface area contributed by atoms with E-state index in [1.165, 1.54) is 44.5 Å². The smallest absolute Gasteiger partial charge is 0.0963 e. The summed E-state index contributed by atoms with van der Waals surface area (Å²) in [6.45, 7) is 0. The fourth-order valence-corrected chi connectivity index (χ4v) is 5.32. The Kier molecular flexibility index (Phi) is 4.36. The van der Waals surface area contributed by atoms with Gasteiger partial charge in [0.1, 0.15) is 7.85 Å². The van der Waals surface area contributed by atoms with Gasteiger partial charge in [-0.15, -0.1) is 0 Å². The Labute approximate surface area is 190 Å². The lowest BCUT2D eigenvalue weighted by atomic mass is 9.67. The predicted octanol–water partition coefficient (Wildman–Crippen LogP) is 6.51. The lowest BCUT2D eigenvalue weighted by molar-refractivity contribution is 0.769. The highest BCUT2D eigenvalue weighted by Crippen LogP contribution is 2.56. The van der Waals surface area contributed by atoms with Crippen molar-refractivity contribution in [3.63, 3.8) is 0 Å². The summed E-state index contributed by atoms with van der Waals surface area (Å²) in [5.41, 5.74) is 10.4. The Hall–Kier alpha value is -3.84. The second kappa shape index (κ2) is 7.39. The average molecular weight is 404 g/mol. The van der Waals surface area contributed by atoms with Crippen molar-refractivity contribution in [2.75, 3.05) is 0 Å². The van der Waals surface area contributed by atoms with Crippen LogP contribution in [0.4, 0.5) is 0 Å². The van der Waals surface area contributed by atoms with Gasteiger partial charge in [0.25, 0.3) is 0 Å². The van der Waals surface area contributed by atoms with Gasteiger partial charge < -0.3 is 0 Å². The van der Waals surface area contributed by atoms with Crippen molar-refractivity contribution in [1.29, 1.82) is 0 Å². The van der Waals surface area contributed by atoms with Crippen LogP contribution in [0.5, 0.6) is 0 Å². The lowest BCUT2D eigenvalue weighted by Crippen LogP contribution is -2.29. The van der Waals surface area contributed by atoms with E-state index < -0.39 is 5.41 Å². The number of fused-ring (bicyclic) bond motifs is 3. The molecule has 0 spiro atoms. The molecule has 0 N–H and O–H groups in total. The Morgan fingerprint density at radius 3 is 1.53 bits per heavy atom. The highest BCUT2D eigenvalue weighted by atomic mass is 14.5. The van der Waals surface area contributed by atoms with Crippen LogP contribution in [0.15, 0.2) is 127 Å². The zero-order valence-corrected chi connectivity index (χ0v) is 17.7. The number of hydrogen-bond donors (Lipinski definition) is 0. The van der Waals surface area contributed by atoms with Gasteiger partial charge in [-0.3, -0.25) is 0 Å². The molecule has 1 heteroatoms. The lowest BCUT2D eigenvalue weighted by Gasteiger charge is -2.34. The molecule has 0 amide bonds. The third-order valence-electron chi connectivity index (χ3n) is 6.68. The van der Waals surface area contributed by atoms with Crippen molar-refractivity contribution in [2.24, 2.45) is 0 Å². The molecule has 32 heavy (non-hydrogen) atoms. The maximum atomic E-state index is 6.36. The standard InChI is InChI=1S/C31H21B/c32-26-17-19-28-27-18-16-23(22-10-4-1-5-11-22)20-29(27)31(30(28)21-26,24-12-6-2-7-13-24)25-14-8-3-9-15-25/h1-21H. The van der Waals surface area contributed by atoms with E-state index in [1.54, 1.807) is 0 Å². The normalized spacial score (nSPS) is 13.4. The van der Waals surface area contributed by atoms with Gasteiger partial charge in [0, 0.05) is 0 Å². The van der Waals surface area contributed by atoms with Crippen LogP contribution in [0.3, 0.4) is 0 Å². The molecule has 1 aliphatic rings. The largest absolute Gasteiger partial charge is 0.113 e. The SMILES string of the molecule is [B]c1ccc2c(c1)C(c1ccccc1)(c1ccccc1)c1cc(-c3ccccc3)ccc1-2. The Balaban J connectivity index is 1.76. The van der Waals surface area contributed by atoms with Gasteiger partial charge in [0.15, 0.2) is 0 Å². The molecule has 1 aliphatic carbocycles. The zero-order valence-electron chi connectivity index (χ0n) is 17.7. The summed E-state index contributed by atoms with van der Waals surface area (Å²) in [5.74, 6) is 0. The minimum Gasteiger partial charge on any atom is -0.0963 e. The van der Waals surface area contributed by atoms with Gasteiger partial charge in [-0.2, -0.15) is 0 Å². The van der Waals surface area contributed by atoms with Gasteiger partial charge in [0.05, 0.1) is 5.41 Å². The van der Waals surface area contributed by atoms with Gasteiger partial charge in [0.2, 0.25) is 0 Å². The van der Waals surface area contributed by atoms with E-state index in [0.29, 0.717) is 0 Å². The molecule has 148 valence electrons. The van der Waals surface area contributed by atoms with Crippen LogP contribution in [-0.2, 0) is 5.41 Å². The summed E-state index contributed by atoms with van der Waals surface area (Å²) in [5, 5.41) is 0. The maximum absolute atomic E-state index is 6.36. The summed E-state index contributed by atoms with van der Waals surface area (Å²) >= 11 is 0. The van der Waals surface area contributed by atoms with Crippen LogP contribution >= 0.6 is 0 Å². The molecule has 0 nitrogen and oxygen atoms in total. The molecule has 0 atom stereocenters. The first-order chi connectivity index (χ1) is 15.8. The van der Waals surface area contributed by atoms with Crippen molar-refractivity contribution in [3.05, 3.63) is 150 Å². The molecule has 0 heterocycles. The molecule has 5 aromatic carbocycles. The molecule has 0 saturated carbocycles. The Morgan fingerprint density at radius 1 is 0.438 bits per heavy atom. The molecule has 0 unspecified atom stereocenters. The second-order valence-electron chi connectivity index (χ2n) is 8.41. The summed E-state index contributed by atoms with van der Waals surface area (Å²) in [7, 11) is 6.36. The summed E-state index contributed by atoms with van der Waals surface area (Å²) < 4.78 is 0. The molecular formula is C31H21B. The minimum absolute atomic E-state index is 0.423. The monoisotopic (exact) mass is 404 g/mol. The van der Waals surface area contributed by atoms with Crippen molar-refractivity contribution in [3.8, 4) is 22.3 Å². The van der Waals surface area contributed by atoms with Crippen molar-refractivity contribution < 1.29 is 0 Å². The Morgan fingerprint density at radius 2 is 0.938 bits per heavy atom. The van der Waals surface area contributed by atoms with E-state index in [0.717, 1.165) is 5.46 Å². The first-order valence-corrected chi connectivity index (χ1v) is 11.0. The molecular weight excluding hydrogens is 383 g/mol. The highest BCUT2D eigenvalue weighted by molar-refractivity contribution is 6.32. The van der Waals surface area contributed by atoms with Crippen LogP contribution < -0.4 is 5.46 Å². The van der Waals surface area contributed by atoms with Gasteiger partial charge >= 0.3 is 0 Å². The van der Waals surface area contributed by atoms with E-state index >= 15 is 0 Å². The van der Waals surface area contributed by atoms with Crippen LogP contribution in [0.1, 0.15) is 22.3 Å². The molecule has 2 radical (unpaired) electrons. The van der Waals surface area contributed by atoms with E-state index in [1.807, 2.05) is 6.07 Å². The fourth-order valence-electron chi connectivity index (χ4n) is 5.32. The summed E-state index contributed by atoms with van der Waals surface area (Å²) in [6.07, 6.45) is 0. The number of hydrogen-bond acceptors (Lipinski definition) is 0. The van der Waals surface area contributed by atoms with Crippen LogP contribution in [0, 0.1) is 0 Å². The van der Waals surface area contributed by atoms with E-state index in [2.05, 4.69) is 121 Å². The van der Waals surface area contributed by atoms with Crippen LogP contribution in [0.25, 0.3) is 22.3 Å². The molecule has 5 aromatic rings. The Bertz CT molecular complexity index is 1360. The first-order valence-electron chi connectivity index (χ1n) is 11.0. The maximum Gasteiger partial charge on any atom is 0.113 e. The highest BCUT2D eigenvalue weighted by Gasteiger charge is 2.46. The van der Waals surface area contributed by atoms with Crippen LogP contribution in [0.2, 0.25) is 0 Å². The number of rotatable bonds is 3. The molecule has 6 rings (SSSR count). The molecule has 0 saturated heterocycles. The van der Waals surface area contributed by atoms with Crippen molar-refractivity contribution >= 4 is 13.3 Å². The summed E-state index contributed by atoms with van der Waals surface area (Å²) in [6, 6.07) is 45.5. The zero-order chi connectivity index (χ0) is 21.5. The molecule has 0 bridgehead atoms. The molecule has 0 aliphatic heterocycles. The van der Waals surface area contributed by atoms with Crippen LogP contribution in [-0.4, -0.2) is 7.85 Å². The first kappa shape index (κ1) is 18.9. The van der Waals surface area contributed by atoms with E-state index in [-0.39, 0.29) is 0 Å². The van der Waals surface area contributed by atoms with Gasteiger partial charge in [-0.1, -0.05) is 127 Å². The third kappa shape index (κ3) is 2.71. The summed E-state index contributed by atoms with van der Waals surface area (Å²) in [4.78, 5) is 0. The van der Waals surface area contributed by atoms with E-state index in [4.69, 9.17) is 7.85 Å². The topological polar surface area (TPSA) is 0 Å². The minimum atomic E-state index is -0.423. The second-order valence-corrected chi connectivity index (χ2v) is 8.41. The number of benzene rings is 5. The third-order valence-corrected chi connectivity index (χ3v) is 6.68. The predicted molar refractivity (Wildman–Crippen MR) is 135 cm³/mol. The molecule has 0 fully saturated rings. The fraction of sp³-hybridized carbons (Fsp3) is 0.0323. The average Bonchev–Trinajstić information content (AvgIpc) is 3.15. The van der Waals surface area contributed by atoms with Gasteiger partial charge in [-0.25, -0.2) is 0 Å². The van der Waals surface area contributed by atoms with Gasteiger partial charge in [-0.05, 0) is 50.6 Å². The quantitative estimate of drug-likeness (QED) is 0.295. The van der Waals surface area contributed by atoms with Crippen molar-refractivity contribution in [2.45, 2.75) is 5.41 Å². The molecule has 0 aromatic heterocycles. The van der Waals surface area contributed by atoms with Crippen molar-refractivity contribution in [1.82, 2.24) is 0 Å².